The van der Waals surface area contributed by atoms with Crippen LogP contribution < -0.4 is 5.73 Å². The highest BCUT2D eigenvalue weighted by Crippen LogP contribution is 2.57. The summed E-state index contributed by atoms with van der Waals surface area (Å²) in [4.78, 5) is 25.7. The summed E-state index contributed by atoms with van der Waals surface area (Å²) in [6.45, 7) is -0.339. The largest absolute Gasteiger partial charge is 0.481 e. The van der Waals surface area contributed by atoms with Crippen LogP contribution in [0.5, 0.6) is 0 Å². The molecule has 1 aromatic rings. The van der Waals surface area contributed by atoms with Crippen molar-refractivity contribution in [3.05, 3.63) is 29.8 Å². The molecule has 0 amide bonds. The van der Waals surface area contributed by atoms with Gasteiger partial charge in [-0.1, -0.05) is 12.1 Å². The smallest absolute Gasteiger partial charge is 0.399 e. The molecule has 1 unspecified atom stereocenters. The summed E-state index contributed by atoms with van der Waals surface area (Å²) >= 11 is 0. The molecule has 17 heavy (non-hydrogen) atoms. The monoisotopic (exact) mass is 283 g/mol. The topological polar surface area (TPSA) is 139 Å². The van der Waals surface area contributed by atoms with Crippen molar-refractivity contribution in [3.8, 4) is 0 Å². The van der Waals surface area contributed by atoms with Gasteiger partial charge in [-0.2, -0.15) is 4.31 Å². The minimum atomic E-state index is -5.07. The lowest BCUT2D eigenvalue weighted by Gasteiger charge is -2.12. The normalized spacial score (nSPS) is 15.5. The Morgan fingerprint density at radius 3 is 2.12 bits per heavy atom. The molecule has 0 aliphatic heterocycles. The van der Waals surface area contributed by atoms with E-state index in [1.807, 2.05) is 0 Å². The highest BCUT2D eigenvalue weighted by Gasteiger charge is 2.32. The van der Waals surface area contributed by atoms with Crippen molar-refractivity contribution in [2.24, 2.45) is 0 Å². The number of benzene rings is 1. The van der Waals surface area contributed by atoms with Gasteiger partial charge in [0.2, 0.25) is 0 Å². The molecule has 0 aliphatic carbocycles. The number of phosphoric acid groups is 2. The van der Waals surface area contributed by atoms with Crippen molar-refractivity contribution in [1.29, 1.82) is 0 Å². The highest BCUT2D eigenvalue weighted by atomic mass is 31.3. The molecule has 0 radical (unpaired) electrons. The summed E-state index contributed by atoms with van der Waals surface area (Å²) in [6.07, 6.45) is 0. The molecule has 0 saturated carbocycles. The van der Waals surface area contributed by atoms with E-state index in [0.717, 1.165) is 0 Å². The predicted octanol–water partition coefficient (Wildman–Crippen LogP) is 0.995. The van der Waals surface area contributed by atoms with Crippen molar-refractivity contribution in [3.63, 3.8) is 0 Å². The summed E-state index contributed by atoms with van der Waals surface area (Å²) in [5, 5.41) is 0. The first-order valence-electron chi connectivity index (χ1n) is 4.27. The Morgan fingerprint density at radius 2 is 1.65 bits per heavy atom. The van der Waals surface area contributed by atoms with Gasteiger partial charge in [0.15, 0.2) is 0 Å². The maximum Gasteiger partial charge on any atom is 0.481 e. The van der Waals surface area contributed by atoms with Crippen LogP contribution in [-0.4, -0.2) is 14.7 Å². The standard InChI is InChI=1S/C7H11NO7P2/c8-7-3-1-6(2-4-7)5-14-17(12,13)15-16(9,10)11/h1-4H,5,8H2,(H,12,13)(H2,9,10,11). The Kier molecular flexibility index (Phi) is 4.46. The molecule has 0 saturated heterocycles. The lowest BCUT2D eigenvalue weighted by atomic mass is 10.2. The molecule has 0 aliphatic rings. The van der Waals surface area contributed by atoms with Gasteiger partial charge in [0, 0.05) is 5.69 Å². The fourth-order valence-corrected chi connectivity index (χ4v) is 2.50. The fourth-order valence-electron chi connectivity index (χ4n) is 0.928. The molecular formula is C7H11NO7P2. The van der Waals surface area contributed by atoms with Gasteiger partial charge in [0.05, 0.1) is 6.61 Å². The number of anilines is 1. The fraction of sp³-hybridized carbons (Fsp3) is 0.143. The lowest BCUT2D eigenvalue weighted by Crippen LogP contribution is -1.95. The average molecular weight is 283 g/mol. The van der Waals surface area contributed by atoms with E-state index < -0.39 is 15.6 Å². The number of hydrogen-bond acceptors (Lipinski definition) is 5. The molecule has 1 rings (SSSR count). The van der Waals surface area contributed by atoms with Crippen LogP contribution in [0.25, 0.3) is 0 Å². The Hall–Kier alpha value is -0.720. The first kappa shape index (κ1) is 14.3. The summed E-state index contributed by atoms with van der Waals surface area (Å²) in [7, 11) is -9.86. The molecule has 0 spiro atoms. The van der Waals surface area contributed by atoms with Crippen molar-refractivity contribution >= 4 is 21.3 Å². The highest BCUT2D eigenvalue weighted by molar-refractivity contribution is 7.60. The van der Waals surface area contributed by atoms with Gasteiger partial charge in [0.25, 0.3) is 0 Å². The second-order valence-corrected chi connectivity index (χ2v) is 5.89. The van der Waals surface area contributed by atoms with E-state index in [1.54, 1.807) is 12.1 Å². The van der Waals surface area contributed by atoms with Gasteiger partial charge in [-0.05, 0) is 17.7 Å². The number of nitrogens with two attached hydrogens (primary N) is 1. The molecule has 0 aromatic heterocycles. The van der Waals surface area contributed by atoms with E-state index >= 15 is 0 Å². The summed E-state index contributed by atoms with van der Waals surface area (Å²) in [6, 6.07) is 6.16. The SMILES string of the molecule is Nc1ccc(COP(=O)(O)OP(=O)(O)O)cc1. The zero-order chi connectivity index (χ0) is 13.1. The molecule has 10 heteroatoms. The Bertz CT molecular complexity index is 468. The van der Waals surface area contributed by atoms with Gasteiger partial charge in [-0.25, -0.2) is 9.13 Å². The molecule has 0 bridgehead atoms. The Morgan fingerprint density at radius 1 is 1.12 bits per heavy atom. The zero-order valence-corrected chi connectivity index (χ0v) is 10.3. The van der Waals surface area contributed by atoms with Crippen LogP contribution >= 0.6 is 15.6 Å². The predicted molar refractivity (Wildman–Crippen MR) is 58.6 cm³/mol. The van der Waals surface area contributed by atoms with E-state index in [2.05, 4.69) is 8.83 Å². The van der Waals surface area contributed by atoms with Gasteiger partial charge >= 0.3 is 15.6 Å². The zero-order valence-electron chi connectivity index (χ0n) is 8.46. The first-order chi connectivity index (χ1) is 7.68. The number of phosphoric ester groups is 1. The molecule has 5 N–H and O–H groups in total. The maximum absolute atomic E-state index is 11.1. The minimum Gasteiger partial charge on any atom is -0.399 e. The molecule has 1 aromatic carbocycles. The number of hydrogen-bond donors (Lipinski definition) is 4. The molecule has 0 fully saturated rings. The van der Waals surface area contributed by atoms with Crippen molar-refractivity contribution in [2.75, 3.05) is 5.73 Å². The minimum absolute atomic E-state index is 0.339. The van der Waals surface area contributed by atoms with Gasteiger partial charge in [-0.3, -0.25) is 4.52 Å². The molecule has 1 atom stereocenters. The van der Waals surface area contributed by atoms with E-state index in [4.69, 9.17) is 20.4 Å². The third-order valence-corrected chi connectivity index (χ3v) is 3.72. The quantitative estimate of drug-likeness (QED) is 0.463. The Labute approximate surface area is 96.8 Å². The number of nitrogen functional groups attached to an aromatic ring is 1. The number of rotatable bonds is 5. The van der Waals surface area contributed by atoms with E-state index in [-0.39, 0.29) is 6.61 Å². The van der Waals surface area contributed by atoms with Crippen LogP contribution in [0.15, 0.2) is 24.3 Å². The average Bonchev–Trinajstić information content (AvgIpc) is 2.13. The third-order valence-electron chi connectivity index (χ3n) is 1.58. The van der Waals surface area contributed by atoms with Gasteiger partial charge < -0.3 is 20.4 Å². The van der Waals surface area contributed by atoms with E-state index in [1.165, 1.54) is 12.1 Å². The maximum atomic E-state index is 11.1. The van der Waals surface area contributed by atoms with Gasteiger partial charge in [0.1, 0.15) is 0 Å². The van der Waals surface area contributed by atoms with Crippen LogP contribution in [-0.2, 0) is 24.6 Å². The Balaban J connectivity index is 2.58. The summed E-state index contributed by atoms with van der Waals surface area (Å²) in [5.74, 6) is 0. The summed E-state index contributed by atoms with van der Waals surface area (Å²) < 4.78 is 29.4. The molecule has 96 valence electrons. The van der Waals surface area contributed by atoms with Crippen LogP contribution in [0.1, 0.15) is 5.56 Å². The van der Waals surface area contributed by atoms with E-state index in [0.29, 0.717) is 11.3 Å². The third kappa shape index (κ3) is 5.95. The van der Waals surface area contributed by atoms with E-state index in [9.17, 15) is 9.13 Å². The first-order valence-corrected chi connectivity index (χ1v) is 7.29. The van der Waals surface area contributed by atoms with Crippen molar-refractivity contribution < 1.29 is 32.6 Å². The second-order valence-electron chi connectivity index (χ2n) is 3.06. The molecule has 0 heterocycles. The van der Waals surface area contributed by atoms with Crippen LogP contribution in [0.3, 0.4) is 0 Å². The summed E-state index contributed by atoms with van der Waals surface area (Å²) in [5.41, 5.74) is 6.43. The second kappa shape index (κ2) is 5.29. The van der Waals surface area contributed by atoms with Crippen molar-refractivity contribution in [2.45, 2.75) is 6.61 Å². The van der Waals surface area contributed by atoms with Gasteiger partial charge in [-0.15, -0.1) is 0 Å². The van der Waals surface area contributed by atoms with Crippen LogP contribution in [0.2, 0.25) is 0 Å². The van der Waals surface area contributed by atoms with Crippen molar-refractivity contribution in [1.82, 2.24) is 0 Å². The van der Waals surface area contributed by atoms with Crippen LogP contribution in [0.4, 0.5) is 5.69 Å². The molecule has 8 nitrogen and oxygen atoms in total. The van der Waals surface area contributed by atoms with Crippen LogP contribution in [0, 0.1) is 0 Å². The molecular weight excluding hydrogens is 272 g/mol. The lowest BCUT2D eigenvalue weighted by molar-refractivity contribution is 0.172.